The predicted molar refractivity (Wildman–Crippen MR) is 71.3 cm³/mol. The Balaban J connectivity index is 1.84. The molecule has 4 heteroatoms. The highest BCUT2D eigenvalue weighted by Crippen LogP contribution is 2.19. The monoisotopic (exact) mass is 252 g/mol. The molecule has 0 spiro atoms. The van der Waals surface area contributed by atoms with Crippen LogP contribution in [0.15, 0.2) is 28.4 Å². The second-order valence-electron chi connectivity index (χ2n) is 3.96. The molecule has 0 aliphatic heterocycles. The van der Waals surface area contributed by atoms with Gasteiger partial charge in [-0.3, -0.25) is 0 Å². The van der Waals surface area contributed by atoms with E-state index in [-0.39, 0.29) is 0 Å². The standard InChI is InChI=1S/C12H16N2S2/c1-9(11-3-5-15-8-11)7-14-10(2)12-13-4-6-16-12/h3-6,8-10,14H,7H2,1-2H3. The summed E-state index contributed by atoms with van der Waals surface area (Å²) in [6.45, 7) is 5.42. The molecular formula is C12H16N2S2. The van der Waals surface area contributed by atoms with Crippen molar-refractivity contribution >= 4 is 22.7 Å². The van der Waals surface area contributed by atoms with Gasteiger partial charge in [-0.15, -0.1) is 11.3 Å². The number of hydrogen-bond donors (Lipinski definition) is 1. The van der Waals surface area contributed by atoms with Crippen molar-refractivity contribution in [3.8, 4) is 0 Å². The summed E-state index contributed by atoms with van der Waals surface area (Å²) in [7, 11) is 0. The Hall–Kier alpha value is -0.710. The molecule has 2 atom stereocenters. The molecular weight excluding hydrogens is 236 g/mol. The lowest BCUT2D eigenvalue weighted by Gasteiger charge is -2.15. The van der Waals surface area contributed by atoms with Crippen LogP contribution >= 0.6 is 22.7 Å². The average Bonchev–Trinajstić information content (AvgIpc) is 2.95. The topological polar surface area (TPSA) is 24.9 Å². The van der Waals surface area contributed by atoms with E-state index in [1.807, 2.05) is 11.6 Å². The number of rotatable bonds is 5. The fourth-order valence-electron chi connectivity index (χ4n) is 1.56. The van der Waals surface area contributed by atoms with Crippen molar-refractivity contribution in [2.45, 2.75) is 25.8 Å². The molecule has 0 aromatic carbocycles. The fourth-order valence-corrected chi connectivity index (χ4v) is 3.02. The molecule has 2 rings (SSSR count). The fraction of sp³-hybridized carbons (Fsp3) is 0.417. The van der Waals surface area contributed by atoms with Gasteiger partial charge in [-0.1, -0.05) is 6.92 Å². The van der Waals surface area contributed by atoms with Crippen molar-refractivity contribution in [3.05, 3.63) is 39.0 Å². The Morgan fingerprint density at radius 3 is 2.88 bits per heavy atom. The van der Waals surface area contributed by atoms with E-state index >= 15 is 0 Å². The molecule has 2 aromatic rings. The highest BCUT2D eigenvalue weighted by atomic mass is 32.1. The van der Waals surface area contributed by atoms with Gasteiger partial charge in [0.15, 0.2) is 0 Å². The molecule has 16 heavy (non-hydrogen) atoms. The van der Waals surface area contributed by atoms with Gasteiger partial charge in [0.1, 0.15) is 5.01 Å². The third kappa shape index (κ3) is 2.90. The van der Waals surface area contributed by atoms with Crippen molar-refractivity contribution in [2.75, 3.05) is 6.54 Å². The highest BCUT2D eigenvalue weighted by molar-refractivity contribution is 7.09. The molecule has 2 aromatic heterocycles. The Bertz CT molecular complexity index is 354. The van der Waals surface area contributed by atoms with E-state index in [4.69, 9.17) is 0 Å². The molecule has 0 aliphatic rings. The van der Waals surface area contributed by atoms with Crippen molar-refractivity contribution in [1.82, 2.24) is 10.3 Å². The van der Waals surface area contributed by atoms with E-state index in [2.05, 4.69) is 41.0 Å². The molecule has 2 heterocycles. The molecule has 86 valence electrons. The average molecular weight is 252 g/mol. The lowest BCUT2D eigenvalue weighted by Crippen LogP contribution is -2.23. The van der Waals surface area contributed by atoms with Crippen LogP contribution in [0.3, 0.4) is 0 Å². The van der Waals surface area contributed by atoms with E-state index in [0.717, 1.165) is 11.6 Å². The zero-order valence-electron chi connectivity index (χ0n) is 9.51. The van der Waals surface area contributed by atoms with Crippen LogP contribution in [-0.4, -0.2) is 11.5 Å². The summed E-state index contributed by atoms with van der Waals surface area (Å²) < 4.78 is 0. The van der Waals surface area contributed by atoms with E-state index in [1.165, 1.54) is 5.56 Å². The molecule has 2 unspecified atom stereocenters. The second kappa shape index (κ2) is 5.57. The molecule has 0 fully saturated rings. The van der Waals surface area contributed by atoms with Gasteiger partial charge in [0, 0.05) is 18.1 Å². The van der Waals surface area contributed by atoms with Gasteiger partial charge >= 0.3 is 0 Å². The van der Waals surface area contributed by atoms with Crippen molar-refractivity contribution in [3.63, 3.8) is 0 Å². The summed E-state index contributed by atoms with van der Waals surface area (Å²) in [5.41, 5.74) is 1.42. The molecule has 0 saturated carbocycles. The van der Waals surface area contributed by atoms with Gasteiger partial charge in [0.2, 0.25) is 0 Å². The number of aromatic nitrogens is 1. The normalized spacial score (nSPS) is 14.9. The smallest absolute Gasteiger partial charge is 0.109 e. The minimum Gasteiger partial charge on any atom is -0.308 e. The maximum absolute atomic E-state index is 4.31. The first-order chi connectivity index (χ1) is 7.77. The van der Waals surface area contributed by atoms with Gasteiger partial charge in [-0.25, -0.2) is 4.98 Å². The SMILES string of the molecule is CC(CNC(C)c1nccs1)c1ccsc1. The van der Waals surface area contributed by atoms with Gasteiger partial charge in [0.25, 0.3) is 0 Å². The predicted octanol–water partition coefficient (Wildman–Crippen LogP) is 3.66. The summed E-state index contributed by atoms with van der Waals surface area (Å²) in [5, 5.41) is 11.1. The maximum Gasteiger partial charge on any atom is 0.109 e. The Morgan fingerprint density at radius 1 is 1.38 bits per heavy atom. The summed E-state index contributed by atoms with van der Waals surface area (Å²) in [5.74, 6) is 0.564. The zero-order valence-corrected chi connectivity index (χ0v) is 11.1. The molecule has 0 amide bonds. The summed E-state index contributed by atoms with van der Waals surface area (Å²) in [4.78, 5) is 4.31. The zero-order chi connectivity index (χ0) is 11.4. The largest absolute Gasteiger partial charge is 0.308 e. The van der Waals surface area contributed by atoms with E-state index in [1.54, 1.807) is 22.7 Å². The first-order valence-electron chi connectivity index (χ1n) is 5.42. The van der Waals surface area contributed by atoms with Crippen LogP contribution in [0.2, 0.25) is 0 Å². The highest BCUT2D eigenvalue weighted by Gasteiger charge is 2.10. The van der Waals surface area contributed by atoms with Crippen molar-refractivity contribution in [1.29, 1.82) is 0 Å². The van der Waals surface area contributed by atoms with Crippen molar-refractivity contribution in [2.24, 2.45) is 0 Å². The third-order valence-electron chi connectivity index (χ3n) is 2.66. The number of hydrogen-bond acceptors (Lipinski definition) is 4. The summed E-state index contributed by atoms with van der Waals surface area (Å²) in [6, 6.07) is 2.55. The second-order valence-corrected chi connectivity index (χ2v) is 5.66. The van der Waals surface area contributed by atoms with Gasteiger partial charge < -0.3 is 5.32 Å². The number of nitrogens with one attached hydrogen (secondary N) is 1. The molecule has 0 radical (unpaired) electrons. The van der Waals surface area contributed by atoms with Gasteiger partial charge in [-0.05, 0) is 35.2 Å². The lowest BCUT2D eigenvalue weighted by molar-refractivity contribution is 0.536. The first-order valence-corrected chi connectivity index (χ1v) is 7.24. The molecule has 1 N–H and O–H groups in total. The van der Waals surface area contributed by atoms with Crippen LogP contribution < -0.4 is 5.32 Å². The minimum atomic E-state index is 0.348. The van der Waals surface area contributed by atoms with E-state index in [9.17, 15) is 0 Å². The molecule has 0 bridgehead atoms. The first kappa shape index (κ1) is 11.8. The van der Waals surface area contributed by atoms with E-state index < -0.39 is 0 Å². The summed E-state index contributed by atoms with van der Waals surface area (Å²) in [6.07, 6.45) is 1.86. The molecule has 0 aliphatic carbocycles. The third-order valence-corrected chi connectivity index (χ3v) is 4.32. The quantitative estimate of drug-likeness (QED) is 0.878. The Kier molecular flexibility index (Phi) is 4.09. The van der Waals surface area contributed by atoms with Crippen LogP contribution in [-0.2, 0) is 0 Å². The minimum absolute atomic E-state index is 0.348. The Labute approximate surface area is 104 Å². The van der Waals surface area contributed by atoms with Crippen LogP contribution in [0.1, 0.15) is 36.4 Å². The number of thiazole rings is 1. The van der Waals surface area contributed by atoms with Crippen molar-refractivity contribution < 1.29 is 0 Å². The molecule has 2 nitrogen and oxygen atoms in total. The molecule has 0 saturated heterocycles. The Morgan fingerprint density at radius 2 is 2.25 bits per heavy atom. The number of nitrogens with zero attached hydrogens (tertiary/aromatic N) is 1. The summed E-state index contributed by atoms with van der Waals surface area (Å²) >= 11 is 3.47. The van der Waals surface area contributed by atoms with Crippen LogP contribution in [0, 0.1) is 0 Å². The number of thiophene rings is 1. The van der Waals surface area contributed by atoms with Crippen LogP contribution in [0.4, 0.5) is 0 Å². The van der Waals surface area contributed by atoms with Crippen LogP contribution in [0.5, 0.6) is 0 Å². The van der Waals surface area contributed by atoms with Crippen LogP contribution in [0.25, 0.3) is 0 Å². The van der Waals surface area contributed by atoms with E-state index in [0.29, 0.717) is 12.0 Å². The van der Waals surface area contributed by atoms with Gasteiger partial charge in [-0.2, -0.15) is 11.3 Å². The maximum atomic E-state index is 4.31. The lowest BCUT2D eigenvalue weighted by atomic mass is 10.1. The van der Waals surface area contributed by atoms with Gasteiger partial charge in [0.05, 0.1) is 6.04 Å².